The Bertz CT molecular complexity index is 1090. The summed E-state index contributed by atoms with van der Waals surface area (Å²) in [6.07, 6.45) is 3.53. The Balaban J connectivity index is 1.50. The van der Waals surface area contributed by atoms with Gasteiger partial charge in [-0.1, -0.05) is 30.3 Å². The third-order valence-corrected chi connectivity index (χ3v) is 7.65. The summed E-state index contributed by atoms with van der Waals surface area (Å²) in [5.41, 5.74) is 3.53. The van der Waals surface area contributed by atoms with Gasteiger partial charge in [0.25, 0.3) is 5.91 Å². The van der Waals surface area contributed by atoms with Crippen molar-refractivity contribution in [2.24, 2.45) is 5.92 Å². The Kier molecular flexibility index (Phi) is 6.21. The predicted octanol–water partition coefficient (Wildman–Crippen LogP) is 3.39. The monoisotopic (exact) mass is 463 g/mol. The van der Waals surface area contributed by atoms with Gasteiger partial charge in [0.2, 0.25) is 5.91 Å². The second-order valence-electron chi connectivity index (χ2n) is 9.51. The first-order valence-corrected chi connectivity index (χ1v) is 12.2. The fourth-order valence-electron chi connectivity index (χ4n) is 5.96. The van der Waals surface area contributed by atoms with Gasteiger partial charge in [-0.25, -0.2) is 0 Å². The minimum Gasteiger partial charge on any atom is -0.492 e. The highest BCUT2D eigenvalue weighted by Crippen LogP contribution is 2.49. The molecule has 2 aromatic carbocycles. The van der Waals surface area contributed by atoms with E-state index in [4.69, 9.17) is 9.47 Å². The van der Waals surface area contributed by atoms with Crippen LogP contribution in [0.5, 0.6) is 11.5 Å². The highest BCUT2D eigenvalue weighted by atomic mass is 16.5. The number of hydrogen-bond donors (Lipinski definition) is 2. The first kappa shape index (κ1) is 22.7. The molecule has 2 fully saturated rings. The van der Waals surface area contributed by atoms with Crippen molar-refractivity contribution in [3.05, 3.63) is 58.7 Å². The maximum absolute atomic E-state index is 13.4. The van der Waals surface area contributed by atoms with Gasteiger partial charge in [-0.3, -0.25) is 9.59 Å². The zero-order valence-electron chi connectivity index (χ0n) is 20.1. The molecule has 0 aliphatic carbocycles. The molecule has 3 aliphatic heterocycles. The van der Waals surface area contributed by atoms with Crippen molar-refractivity contribution in [3.8, 4) is 11.5 Å². The van der Waals surface area contributed by atoms with Crippen molar-refractivity contribution in [1.82, 2.24) is 15.5 Å². The minimum atomic E-state index is -0.203. The number of nitrogens with one attached hydrogen (secondary N) is 2. The van der Waals surface area contributed by atoms with Crippen LogP contribution in [0.25, 0.3) is 0 Å². The first-order chi connectivity index (χ1) is 16.5. The third-order valence-electron chi connectivity index (χ3n) is 7.65. The second kappa shape index (κ2) is 9.29. The zero-order chi connectivity index (χ0) is 23.8. The van der Waals surface area contributed by atoms with Crippen LogP contribution in [-0.4, -0.2) is 50.1 Å². The molecule has 7 nitrogen and oxygen atoms in total. The van der Waals surface area contributed by atoms with Gasteiger partial charge >= 0.3 is 0 Å². The van der Waals surface area contributed by atoms with Crippen LogP contribution in [-0.2, 0) is 11.2 Å². The summed E-state index contributed by atoms with van der Waals surface area (Å²) >= 11 is 0. The highest BCUT2D eigenvalue weighted by Gasteiger charge is 2.46. The Morgan fingerprint density at radius 3 is 2.68 bits per heavy atom. The van der Waals surface area contributed by atoms with Gasteiger partial charge < -0.3 is 25.0 Å². The van der Waals surface area contributed by atoms with E-state index in [2.05, 4.69) is 10.6 Å². The van der Waals surface area contributed by atoms with Crippen LogP contribution in [0.15, 0.2) is 36.4 Å². The van der Waals surface area contributed by atoms with E-state index >= 15 is 0 Å². The van der Waals surface area contributed by atoms with Crippen molar-refractivity contribution >= 4 is 11.8 Å². The molecule has 3 heterocycles. The quantitative estimate of drug-likeness (QED) is 0.711. The molecule has 180 valence electrons. The lowest BCUT2D eigenvalue weighted by molar-refractivity contribution is -0.145. The fraction of sp³-hybridized carbons (Fsp3) is 0.481. The predicted molar refractivity (Wildman–Crippen MR) is 129 cm³/mol. The largest absolute Gasteiger partial charge is 0.492 e. The molecule has 0 radical (unpaired) electrons. The van der Waals surface area contributed by atoms with Crippen molar-refractivity contribution in [3.63, 3.8) is 0 Å². The number of benzene rings is 2. The van der Waals surface area contributed by atoms with Crippen molar-refractivity contribution in [2.75, 3.05) is 27.3 Å². The average Bonchev–Trinajstić information content (AvgIpc) is 2.87. The molecule has 0 saturated carbocycles. The van der Waals surface area contributed by atoms with E-state index < -0.39 is 0 Å². The molecule has 34 heavy (non-hydrogen) atoms. The van der Waals surface area contributed by atoms with Crippen LogP contribution in [0.2, 0.25) is 0 Å². The molecule has 3 aliphatic rings. The molecule has 2 aromatic rings. The minimum absolute atomic E-state index is 0.0592. The summed E-state index contributed by atoms with van der Waals surface area (Å²) in [6.45, 7) is 3.58. The first-order valence-electron chi connectivity index (χ1n) is 12.2. The molecule has 0 bridgehead atoms. The number of hydrogen-bond acceptors (Lipinski definition) is 5. The van der Waals surface area contributed by atoms with Gasteiger partial charge in [0.1, 0.15) is 0 Å². The molecule has 5 rings (SSSR count). The van der Waals surface area contributed by atoms with Gasteiger partial charge in [0.15, 0.2) is 11.5 Å². The molecule has 2 saturated heterocycles. The maximum Gasteiger partial charge on any atom is 0.255 e. The van der Waals surface area contributed by atoms with Crippen molar-refractivity contribution < 1.29 is 19.1 Å². The molecular formula is C27H33N3O4. The van der Waals surface area contributed by atoms with E-state index in [9.17, 15) is 9.59 Å². The Hall–Kier alpha value is -3.06. The van der Waals surface area contributed by atoms with E-state index in [0.717, 1.165) is 42.5 Å². The third kappa shape index (κ3) is 3.82. The van der Waals surface area contributed by atoms with E-state index in [1.54, 1.807) is 14.2 Å². The number of fused-ring (bicyclic) bond motifs is 4. The Morgan fingerprint density at radius 2 is 1.94 bits per heavy atom. The molecule has 7 heteroatoms. The SMILES string of the molecule is COc1c(C(=O)N[C@H](C)c2ccccc2)cc2c(c1OC)[C@@H]1C[C@@H]3NCCC[C@@H]3C(=O)N1CC2. The van der Waals surface area contributed by atoms with Crippen LogP contribution < -0.4 is 20.1 Å². The number of carbonyl (C=O) groups excluding carboxylic acids is 2. The van der Waals surface area contributed by atoms with Gasteiger partial charge in [0, 0.05) is 18.2 Å². The fourth-order valence-corrected chi connectivity index (χ4v) is 5.96. The number of rotatable bonds is 5. The number of carbonyl (C=O) groups is 2. The van der Waals surface area contributed by atoms with E-state index in [0.29, 0.717) is 30.0 Å². The average molecular weight is 464 g/mol. The van der Waals surface area contributed by atoms with Gasteiger partial charge in [0.05, 0.1) is 37.8 Å². The van der Waals surface area contributed by atoms with Crippen molar-refractivity contribution in [1.29, 1.82) is 0 Å². The van der Waals surface area contributed by atoms with Gasteiger partial charge in [-0.05, 0) is 56.3 Å². The molecule has 4 atom stereocenters. The highest BCUT2D eigenvalue weighted by molar-refractivity contribution is 5.99. The Morgan fingerprint density at radius 1 is 1.18 bits per heavy atom. The summed E-state index contributed by atoms with van der Waals surface area (Å²) < 4.78 is 11.6. The lowest BCUT2D eigenvalue weighted by Crippen LogP contribution is -2.57. The topological polar surface area (TPSA) is 79.9 Å². The van der Waals surface area contributed by atoms with Crippen molar-refractivity contribution in [2.45, 2.75) is 50.7 Å². The summed E-state index contributed by atoms with van der Waals surface area (Å²) in [5, 5.41) is 6.66. The normalized spacial score (nSPS) is 24.4. The van der Waals surface area contributed by atoms with E-state index in [-0.39, 0.29) is 35.9 Å². The maximum atomic E-state index is 13.4. The lowest BCUT2D eigenvalue weighted by atomic mass is 9.76. The standard InChI is InChI=1S/C27H33N3O4/c1-16(17-8-5-4-6-9-17)29-26(31)20-14-18-11-13-30-22(23(18)25(34-3)24(20)33-2)15-21-19(27(30)32)10-7-12-28-21/h4-6,8-9,14,16,19,21-22,28H,7,10-13,15H2,1-3H3,(H,29,31)/t16-,19+,21+,22+/m1/s1. The van der Waals surface area contributed by atoms with Crippen LogP contribution in [0, 0.1) is 5.92 Å². The van der Waals surface area contributed by atoms with Crippen LogP contribution in [0.1, 0.15) is 65.3 Å². The summed E-state index contributed by atoms with van der Waals surface area (Å²) in [5.74, 6) is 1.08. The van der Waals surface area contributed by atoms with Gasteiger partial charge in [-0.15, -0.1) is 0 Å². The molecule has 2 amide bonds. The van der Waals surface area contributed by atoms with E-state index in [1.165, 1.54) is 0 Å². The number of nitrogens with zero attached hydrogens (tertiary/aromatic N) is 1. The molecular weight excluding hydrogens is 430 g/mol. The van der Waals surface area contributed by atoms with E-state index in [1.807, 2.05) is 48.2 Å². The summed E-state index contributed by atoms with van der Waals surface area (Å²) in [4.78, 5) is 28.7. The number of piperidine rings is 2. The smallest absolute Gasteiger partial charge is 0.255 e. The summed E-state index contributed by atoms with van der Waals surface area (Å²) in [7, 11) is 3.17. The number of amides is 2. The molecule has 0 aromatic heterocycles. The summed E-state index contributed by atoms with van der Waals surface area (Å²) in [6, 6.07) is 11.8. The number of ether oxygens (including phenoxy) is 2. The zero-order valence-corrected chi connectivity index (χ0v) is 20.1. The molecule has 0 spiro atoms. The molecule has 0 unspecified atom stereocenters. The lowest BCUT2D eigenvalue weighted by Gasteiger charge is -2.48. The number of methoxy groups -OCH3 is 2. The second-order valence-corrected chi connectivity index (χ2v) is 9.51. The Labute approximate surface area is 200 Å². The van der Waals surface area contributed by atoms with Crippen LogP contribution in [0.3, 0.4) is 0 Å². The van der Waals surface area contributed by atoms with Crippen LogP contribution >= 0.6 is 0 Å². The van der Waals surface area contributed by atoms with Crippen LogP contribution in [0.4, 0.5) is 0 Å². The van der Waals surface area contributed by atoms with Gasteiger partial charge in [-0.2, -0.15) is 0 Å². The molecule has 2 N–H and O–H groups in total.